The van der Waals surface area contributed by atoms with E-state index in [0.717, 1.165) is 10.6 Å². The van der Waals surface area contributed by atoms with Crippen LogP contribution in [-0.2, 0) is 16.1 Å². The third kappa shape index (κ3) is 4.88. The van der Waals surface area contributed by atoms with Gasteiger partial charge in [-0.3, -0.25) is 10.1 Å². The third-order valence-electron chi connectivity index (χ3n) is 5.08. The van der Waals surface area contributed by atoms with Crippen LogP contribution < -0.4 is 20.6 Å². The number of benzene rings is 2. The number of hydrogen-bond donors (Lipinski definition) is 2. The van der Waals surface area contributed by atoms with Gasteiger partial charge < -0.3 is 19.5 Å². The van der Waals surface area contributed by atoms with Crippen LogP contribution in [0.25, 0.3) is 0 Å². The molecule has 0 aromatic heterocycles. The van der Waals surface area contributed by atoms with Crippen molar-refractivity contribution in [3.8, 4) is 11.5 Å². The van der Waals surface area contributed by atoms with Crippen LogP contribution >= 0.6 is 0 Å². The number of hydrogen-bond acceptors (Lipinski definition) is 8. The van der Waals surface area contributed by atoms with Crippen LogP contribution in [0.15, 0.2) is 53.7 Å². The number of nitrogens with two attached hydrogens (primary N) is 1. The maximum absolute atomic E-state index is 12.7. The number of nitro benzene ring substituents is 1. The summed E-state index contributed by atoms with van der Waals surface area (Å²) in [6.07, 6.45) is 0. The molecule has 3 N–H and O–H groups in total. The molecule has 0 bridgehead atoms. The quantitative estimate of drug-likeness (QED) is 0.203. The zero-order chi connectivity index (χ0) is 24.1. The molecule has 174 valence electrons. The van der Waals surface area contributed by atoms with E-state index in [4.69, 9.17) is 20.1 Å². The van der Waals surface area contributed by atoms with Gasteiger partial charge in [-0.2, -0.15) is 0 Å². The molecule has 11 heteroatoms. The van der Waals surface area contributed by atoms with Gasteiger partial charge >= 0.3 is 12.0 Å². The monoisotopic (exact) mass is 456 g/mol. The molecule has 0 fully saturated rings. The first kappa shape index (κ1) is 23.5. The van der Waals surface area contributed by atoms with Gasteiger partial charge in [0.15, 0.2) is 11.5 Å². The van der Waals surface area contributed by atoms with E-state index in [1.807, 2.05) is 30.3 Å². The highest BCUT2D eigenvalue weighted by molar-refractivity contribution is 5.95. The van der Waals surface area contributed by atoms with E-state index in [0.29, 0.717) is 0 Å². The minimum atomic E-state index is -1.19. The molecule has 0 saturated heterocycles. The number of rotatable bonds is 8. The minimum Gasteiger partial charge on any atom is -0.493 e. The first-order chi connectivity index (χ1) is 15.8. The predicted molar refractivity (Wildman–Crippen MR) is 117 cm³/mol. The summed E-state index contributed by atoms with van der Waals surface area (Å²) in [5.41, 5.74) is 0.593. The normalized spacial score (nSPS) is 15.7. The number of hydrazine groups is 1. The molecule has 2 aromatic rings. The van der Waals surface area contributed by atoms with Crippen molar-refractivity contribution < 1.29 is 28.7 Å². The fraction of sp³-hybridized carbons (Fsp3) is 0.273. The lowest BCUT2D eigenvalue weighted by atomic mass is 9.93. The minimum absolute atomic E-state index is 0.0211. The molecule has 3 rings (SSSR count). The zero-order valence-corrected chi connectivity index (χ0v) is 18.4. The van der Waals surface area contributed by atoms with Crippen molar-refractivity contribution >= 4 is 17.7 Å². The molecule has 0 spiro atoms. The number of allylic oxidation sites excluding steroid dienone is 1. The smallest absolute Gasteiger partial charge is 0.338 e. The number of nitrogens with zero attached hydrogens (tertiary/aromatic N) is 2. The van der Waals surface area contributed by atoms with E-state index in [9.17, 15) is 19.7 Å². The van der Waals surface area contributed by atoms with Crippen molar-refractivity contribution in [1.82, 2.24) is 10.3 Å². The highest BCUT2D eigenvalue weighted by atomic mass is 16.6. The third-order valence-corrected chi connectivity index (χ3v) is 5.08. The summed E-state index contributed by atoms with van der Waals surface area (Å²) in [6, 6.07) is 9.91. The van der Waals surface area contributed by atoms with Crippen molar-refractivity contribution in [3.05, 3.63) is 75.0 Å². The molecular weight excluding hydrogens is 432 g/mol. The molecule has 11 nitrogen and oxygen atoms in total. The van der Waals surface area contributed by atoms with Gasteiger partial charge in [0.05, 0.1) is 41.9 Å². The SMILES string of the molecule is CCOC(=O)C1=C(C)N(N)C(=O)N[C@H]1c1cc(OC)c(OCc2ccccc2)cc1[N+](=O)[O-]. The summed E-state index contributed by atoms with van der Waals surface area (Å²) in [6.45, 7) is 3.30. The van der Waals surface area contributed by atoms with Gasteiger partial charge in [0.2, 0.25) is 0 Å². The van der Waals surface area contributed by atoms with E-state index < -0.39 is 23.0 Å². The Morgan fingerprint density at radius 1 is 1.24 bits per heavy atom. The van der Waals surface area contributed by atoms with Crippen LogP contribution in [0.3, 0.4) is 0 Å². The molecule has 1 aliphatic rings. The second kappa shape index (κ2) is 10.0. The number of methoxy groups -OCH3 is 1. The van der Waals surface area contributed by atoms with Crippen molar-refractivity contribution in [2.75, 3.05) is 13.7 Å². The number of amides is 2. The van der Waals surface area contributed by atoms with E-state index >= 15 is 0 Å². The highest BCUT2D eigenvalue weighted by Gasteiger charge is 2.39. The number of nitro groups is 1. The predicted octanol–water partition coefficient (Wildman–Crippen LogP) is 2.96. The Morgan fingerprint density at radius 3 is 2.55 bits per heavy atom. The van der Waals surface area contributed by atoms with Crippen LogP contribution in [-0.4, -0.2) is 35.6 Å². The maximum atomic E-state index is 12.7. The fourth-order valence-corrected chi connectivity index (χ4v) is 3.43. The standard InChI is InChI=1S/C22H24N4O7/c1-4-32-21(27)19-13(2)25(23)22(28)24-20(19)15-10-17(31-3)18(11-16(15)26(29)30)33-12-14-8-6-5-7-9-14/h5-11,20H,4,12,23H2,1-3H3,(H,24,28)/t20-/m0/s1. The number of nitrogens with one attached hydrogen (secondary N) is 1. The fourth-order valence-electron chi connectivity index (χ4n) is 3.43. The Kier molecular flexibility index (Phi) is 7.13. The zero-order valence-electron chi connectivity index (χ0n) is 18.4. The lowest BCUT2D eigenvalue weighted by Crippen LogP contribution is -2.51. The Hall–Kier alpha value is -4.12. The molecule has 0 saturated carbocycles. The maximum Gasteiger partial charge on any atom is 0.338 e. The Bertz CT molecular complexity index is 1100. The van der Waals surface area contributed by atoms with Crippen LogP contribution in [0.2, 0.25) is 0 Å². The second-order valence-electron chi connectivity index (χ2n) is 7.07. The van der Waals surface area contributed by atoms with Crippen LogP contribution in [0.4, 0.5) is 10.5 Å². The Morgan fingerprint density at radius 2 is 1.94 bits per heavy atom. The van der Waals surface area contributed by atoms with Crippen LogP contribution in [0.5, 0.6) is 11.5 Å². The number of carbonyl (C=O) groups is 2. The summed E-state index contributed by atoms with van der Waals surface area (Å²) in [4.78, 5) is 36.3. The van der Waals surface area contributed by atoms with Gasteiger partial charge in [-0.15, -0.1) is 0 Å². The van der Waals surface area contributed by atoms with Crippen molar-refractivity contribution in [3.63, 3.8) is 0 Å². The van der Waals surface area contributed by atoms with Gasteiger partial charge in [0, 0.05) is 5.70 Å². The summed E-state index contributed by atoms with van der Waals surface area (Å²) in [5.74, 6) is 5.31. The molecule has 1 aliphatic heterocycles. The molecular formula is C22H24N4O7. The van der Waals surface area contributed by atoms with Gasteiger partial charge in [-0.25, -0.2) is 20.4 Å². The molecule has 0 radical (unpaired) electrons. The Balaban J connectivity index is 2.09. The number of carbonyl (C=O) groups excluding carboxylic acids is 2. The lowest BCUT2D eigenvalue weighted by molar-refractivity contribution is -0.385. The molecule has 0 unspecified atom stereocenters. The summed E-state index contributed by atoms with van der Waals surface area (Å²) < 4.78 is 16.3. The number of urea groups is 1. The van der Waals surface area contributed by atoms with Crippen molar-refractivity contribution in [2.45, 2.75) is 26.5 Å². The molecule has 1 atom stereocenters. The van der Waals surface area contributed by atoms with Gasteiger partial charge in [-0.05, 0) is 25.5 Å². The number of ether oxygens (including phenoxy) is 3. The molecule has 2 aromatic carbocycles. The number of esters is 1. The van der Waals surface area contributed by atoms with E-state index in [2.05, 4.69) is 5.32 Å². The lowest BCUT2D eigenvalue weighted by Gasteiger charge is -2.32. The molecule has 33 heavy (non-hydrogen) atoms. The Labute approximate surface area is 189 Å². The molecule has 2 amide bonds. The highest BCUT2D eigenvalue weighted by Crippen LogP contribution is 2.41. The van der Waals surface area contributed by atoms with Gasteiger partial charge in [0.25, 0.3) is 5.69 Å². The second-order valence-corrected chi connectivity index (χ2v) is 7.07. The molecule has 1 heterocycles. The molecule has 0 aliphatic carbocycles. The first-order valence-corrected chi connectivity index (χ1v) is 10.0. The summed E-state index contributed by atoms with van der Waals surface area (Å²) in [7, 11) is 1.38. The van der Waals surface area contributed by atoms with Crippen molar-refractivity contribution in [2.24, 2.45) is 5.84 Å². The largest absolute Gasteiger partial charge is 0.493 e. The summed E-state index contributed by atoms with van der Waals surface area (Å²) >= 11 is 0. The average molecular weight is 456 g/mol. The van der Waals surface area contributed by atoms with E-state index in [1.165, 1.54) is 26.2 Å². The van der Waals surface area contributed by atoms with Gasteiger partial charge in [0.1, 0.15) is 6.61 Å². The van der Waals surface area contributed by atoms with Crippen molar-refractivity contribution in [1.29, 1.82) is 0 Å². The van der Waals surface area contributed by atoms with Gasteiger partial charge in [-0.1, -0.05) is 30.3 Å². The van der Waals surface area contributed by atoms with Crippen LogP contribution in [0.1, 0.15) is 31.0 Å². The summed E-state index contributed by atoms with van der Waals surface area (Å²) in [5, 5.41) is 15.2. The van der Waals surface area contributed by atoms with E-state index in [-0.39, 0.29) is 47.2 Å². The first-order valence-electron chi connectivity index (χ1n) is 10.0. The topological polar surface area (TPSA) is 146 Å². The average Bonchev–Trinajstić information content (AvgIpc) is 2.81. The van der Waals surface area contributed by atoms with E-state index in [1.54, 1.807) is 6.92 Å². The van der Waals surface area contributed by atoms with Crippen LogP contribution in [0, 0.1) is 10.1 Å².